The summed E-state index contributed by atoms with van der Waals surface area (Å²) in [4.78, 5) is 12.4. The molecule has 2 aromatic carbocycles. The van der Waals surface area contributed by atoms with E-state index in [2.05, 4.69) is 12.2 Å². The van der Waals surface area contributed by atoms with Gasteiger partial charge >= 0.3 is 0 Å². The normalized spacial score (nSPS) is 13.0. The maximum Gasteiger partial charge on any atom is 0.297 e. The molecule has 0 radical (unpaired) electrons. The van der Waals surface area contributed by atoms with E-state index >= 15 is 0 Å². The molecule has 2 aromatic rings. The van der Waals surface area contributed by atoms with Gasteiger partial charge in [-0.25, -0.2) is 0 Å². The predicted octanol–water partition coefficient (Wildman–Crippen LogP) is 5.72. The summed E-state index contributed by atoms with van der Waals surface area (Å²) in [6.07, 6.45) is 0.992. The summed E-state index contributed by atoms with van der Waals surface area (Å²) in [5, 5.41) is 2.89. The average molecular weight is 395 g/mol. The molecule has 0 saturated heterocycles. The highest BCUT2D eigenvalue weighted by Gasteiger charge is 2.22. The number of nitrogens with one attached hydrogen (secondary N) is 1. The zero-order valence-corrected chi connectivity index (χ0v) is 16.8. The molecule has 0 heterocycles. The number of carbonyl (C=O) groups is 1. The first-order chi connectivity index (χ1) is 12.1. The smallest absolute Gasteiger partial charge is 0.297 e. The third kappa shape index (κ3) is 6.15. The molecule has 0 saturated carbocycles. The Morgan fingerprint density at radius 1 is 1.12 bits per heavy atom. The highest BCUT2D eigenvalue weighted by molar-refractivity contribution is 8.68. The van der Waals surface area contributed by atoms with Crippen molar-refractivity contribution in [3.8, 4) is 5.75 Å². The van der Waals surface area contributed by atoms with Gasteiger partial charge in [0.05, 0.1) is 12.3 Å². The lowest BCUT2D eigenvalue weighted by molar-refractivity contribution is 0.102. The monoisotopic (exact) mass is 395 g/mol. The minimum Gasteiger partial charge on any atom is -0.434 e. The second-order valence-corrected chi connectivity index (χ2v) is 11.5. The Hall–Kier alpha value is -1.33. The van der Waals surface area contributed by atoms with Gasteiger partial charge < -0.3 is 14.4 Å². The third-order valence-electron chi connectivity index (χ3n) is 3.12. The van der Waals surface area contributed by atoms with E-state index < -0.39 is 5.69 Å². The number of hydrogen-bond donors (Lipinski definition) is 1. The van der Waals surface area contributed by atoms with Crippen LogP contribution >= 0.6 is 17.1 Å². The summed E-state index contributed by atoms with van der Waals surface area (Å²) >= 11 is 7.17. The number of rotatable bonds is 9. The van der Waals surface area contributed by atoms with Crippen LogP contribution in [-0.4, -0.2) is 18.3 Å². The van der Waals surface area contributed by atoms with Gasteiger partial charge in [0.1, 0.15) is 0 Å². The van der Waals surface area contributed by atoms with Crippen molar-refractivity contribution in [3.63, 3.8) is 0 Å². The molecule has 2 rings (SSSR count). The van der Waals surface area contributed by atoms with Gasteiger partial charge in [0.2, 0.25) is 0 Å². The molecular formula is C18H22NO3PS2. The lowest BCUT2D eigenvalue weighted by Crippen LogP contribution is -2.12. The summed E-state index contributed by atoms with van der Waals surface area (Å²) in [5.41, 5.74) is -1.33. The Balaban J connectivity index is 2.19. The molecule has 0 bridgehead atoms. The molecule has 1 amide bonds. The molecule has 0 spiro atoms. The summed E-state index contributed by atoms with van der Waals surface area (Å²) in [7, 11) is 0. The summed E-state index contributed by atoms with van der Waals surface area (Å²) in [5.74, 6) is 1.21. The molecule has 0 aliphatic carbocycles. The fourth-order valence-corrected chi connectivity index (χ4v) is 6.69. The van der Waals surface area contributed by atoms with Crippen LogP contribution < -0.4 is 9.84 Å². The zero-order valence-electron chi connectivity index (χ0n) is 14.3. The second-order valence-electron chi connectivity index (χ2n) is 5.11. The lowest BCUT2D eigenvalue weighted by Gasteiger charge is -2.23. The maximum atomic E-state index is 12.4. The predicted molar refractivity (Wildman–Crippen MR) is 110 cm³/mol. The van der Waals surface area contributed by atoms with Crippen LogP contribution in [0.25, 0.3) is 0 Å². The highest BCUT2D eigenvalue weighted by atomic mass is 32.9. The van der Waals surface area contributed by atoms with Crippen LogP contribution in [0.5, 0.6) is 5.75 Å². The quantitative estimate of drug-likeness (QED) is 0.550. The van der Waals surface area contributed by atoms with Gasteiger partial charge in [-0.15, -0.1) is 0 Å². The second kappa shape index (κ2) is 9.97. The number of para-hydroxylation sites is 2. The van der Waals surface area contributed by atoms with E-state index in [-0.39, 0.29) is 5.91 Å². The molecule has 134 valence electrons. The molecule has 0 aliphatic rings. The van der Waals surface area contributed by atoms with Crippen LogP contribution in [0.15, 0.2) is 54.6 Å². The average Bonchev–Trinajstić information content (AvgIpc) is 2.62. The first kappa shape index (κ1) is 20.0. The fourth-order valence-electron chi connectivity index (χ4n) is 2.01. The topological polar surface area (TPSA) is 47.6 Å². The minimum atomic E-state index is -2.50. The van der Waals surface area contributed by atoms with Crippen LogP contribution in [0.3, 0.4) is 0 Å². The van der Waals surface area contributed by atoms with Crippen LogP contribution in [0.4, 0.5) is 5.69 Å². The molecule has 7 heteroatoms. The van der Waals surface area contributed by atoms with E-state index in [1.807, 2.05) is 37.3 Å². The van der Waals surface area contributed by atoms with Gasteiger partial charge in [-0.3, -0.25) is 4.79 Å². The van der Waals surface area contributed by atoms with Crippen molar-refractivity contribution in [2.24, 2.45) is 0 Å². The maximum absolute atomic E-state index is 12.4. The molecule has 0 aromatic heterocycles. The molecule has 25 heavy (non-hydrogen) atoms. The van der Waals surface area contributed by atoms with E-state index in [4.69, 9.17) is 20.9 Å². The van der Waals surface area contributed by atoms with Crippen molar-refractivity contribution < 1.29 is 13.8 Å². The van der Waals surface area contributed by atoms with Crippen molar-refractivity contribution in [3.05, 3.63) is 60.2 Å². The number of hydrogen-bond acceptors (Lipinski definition) is 5. The molecule has 1 N–H and O–H groups in total. The van der Waals surface area contributed by atoms with Crippen LogP contribution in [-0.2, 0) is 16.3 Å². The van der Waals surface area contributed by atoms with E-state index in [0.29, 0.717) is 23.6 Å². The Kier molecular flexibility index (Phi) is 7.97. The number of benzene rings is 2. The Bertz CT molecular complexity index is 740. The number of anilines is 1. The van der Waals surface area contributed by atoms with Crippen molar-refractivity contribution in [2.75, 3.05) is 17.7 Å². The Morgan fingerprint density at radius 2 is 1.80 bits per heavy atom. The molecule has 1 unspecified atom stereocenters. The zero-order chi connectivity index (χ0) is 18.1. The lowest BCUT2D eigenvalue weighted by atomic mass is 10.2. The third-order valence-corrected chi connectivity index (χ3v) is 8.55. The number of carbonyl (C=O) groups excluding carboxylic acids is 1. The van der Waals surface area contributed by atoms with Crippen LogP contribution in [0.2, 0.25) is 0 Å². The van der Waals surface area contributed by atoms with Crippen molar-refractivity contribution in [1.82, 2.24) is 0 Å². The molecule has 0 aliphatic heterocycles. The SMILES string of the molecule is CCCSP(=S)(OCC)Oc1ccccc1NC(=O)c1ccccc1. The van der Waals surface area contributed by atoms with Gasteiger partial charge in [-0.1, -0.05) is 48.6 Å². The largest absolute Gasteiger partial charge is 0.434 e. The number of amides is 1. The summed E-state index contributed by atoms with van der Waals surface area (Å²) in [6.45, 7) is 4.49. The summed E-state index contributed by atoms with van der Waals surface area (Å²) in [6, 6.07) is 16.3. The van der Waals surface area contributed by atoms with E-state index in [1.54, 1.807) is 24.3 Å². The van der Waals surface area contributed by atoms with Crippen LogP contribution in [0, 0.1) is 0 Å². The molecule has 1 atom stereocenters. The highest BCUT2D eigenvalue weighted by Crippen LogP contribution is 2.61. The molecular weight excluding hydrogens is 373 g/mol. The fraction of sp³-hybridized carbons (Fsp3) is 0.278. The van der Waals surface area contributed by atoms with Gasteiger partial charge in [0, 0.05) is 11.3 Å². The van der Waals surface area contributed by atoms with Gasteiger partial charge in [0.25, 0.3) is 11.6 Å². The first-order valence-corrected chi connectivity index (χ1v) is 12.3. The summed E-state index contributed by atoms with van der Waals surface area (Å²) < 4.78 is 11.8. The van der Waals surface area contributed by atoms with Crippen molar-refractivity contribution in [1.29, 1.82) is 0 Å². The van der Waals surface area contributed by atoms with E-state index in [0.717, 1.165) is 12.2 Å². The van der Waals surface area contributed by atoms with Gasteiger partial charge in [-0.2, -0.15) is 0 Å². The van der Waals surface area contributed by atoms with Crippen molar-refractivity contribution in [2.45, 2.75) is 20.3 Å². The molecule has 4 nitrogen and oxygen atoms in total. The van der Waals surface area contributed by atoms with E-state index in [9.17, 15) is 4.79 Å². The first-order valence-electron chi connectivity index (χ1n) is 8.12. The standard InChI is InChI=1S/C18H22NO3PS2/c1-3-14-25-23(24,21-4-2)22-17-13-9-8-12-16(17)19-18(20)15-10-6-5-7-11-15/h5-13H,3-4,14H2,1-2H3,(H,19,20). The Morgan fingerprint density at radius 3 is 2.48 bits per heavy atom. The Labute approximate surface area is 158 Å². The van der Waals surface area contributed by atoms with Gasteiger partial charge in [0.15, 0.2) is 5.75 Å². The molecule has 0 fully saturated rings. The minimum absolute atomic E-state index is 0.192. The van der Waals surface area contributed by atoms with Crippen molar-refractivity contribution >= 4 is 40.5 Å². The van der Waals surface area contributed by atoms with Gasteiger partial charge in [-0.05, 0) is 49.4 Å². The van der Waals surface area contributed by atoms with E-state index in [1.165, 1.54) is 11.4 Å². The van der Waals surface area contributed by atoms with Crippen LogP contribution in [0.1, 0.15) is 30.6 Å².